The average Bonchev–Trinajstić information content (AvgIpc) is 2.26. The third kappa shape index (κ3) is 3.96. The fraction of sp³-hybridized carbons (Fsp3) is 0.417. The largest absolute Gasteiger partial charge is 0.478 e. The quantitative estimate of drug-likeness (QED) is 0.685. The number of hydrogen-bond acceptors (Lipinski definition) is 3. The predicted molar refractivity (Wildman–Crippen MR) is 62.7 cm³/mol. The first-order valence-electron chi connectivity index (χ1n) is 5.56. The van der Waals surface area contributed by atoms with Crippen LogP contribution in [0.4, 0.5) is 14.5 Å². The van der Waals surface area contributed by atoms with Crippen molar-refractivity contribution in [1.29, 1.82) is 0 Å². The lowest BCUT2D eigenvalue weighted by Crippen LogP contribution is -2.10. The van der Waals surface area contributed by atoms with Gasteiger partial charge in [0.1, 0.15) is 17.3 Å². The normalized spacial score (nSPS) is 12.2. The van der Waals surface area contributed by atoms with Crippen LogP contribution in [-0.4, -0.2) is 28.8 Å². The van der Waals surface area contributed by atoms with Crippen molar-refractivity contribution in [2.24, 2.45) is 0 Å². The first-order chi connectivity index (χ1) is 8.41. The molecule has 0 radical (unpaired) electrons. The first-order valence-corrected chi connectivity index (χ1v) is 5.56. The van der Waals surface area contributed by atoms with E-state index in [1.807, 2.05) is 0 Å². The maximum Gasteiger partial charge on any atom is 0.335 e. The molecule has 1 rings (SSSR count). The summed E-state index contributed by atoms with van der Waals surface area (Å²) in [7, 11) is 0. The van der Waals surface area contributed by atoms with Gasteiger partial charge in [0.05, 0.1) is 11.7 Å². The van der Waals surface area contributed by atoms with Crippen molar-refractivity contribution >= 4 is 11.7 Å². The maximum atomic E-state index is 13.4. The van der Waals surface area contributed by atoms with Crippen molar-refractivity contribution in [3.63, 3.8) is 0 Å². The zero-order valence-electron chi connectivity index (χ0n) is 9.91. The van der Waals surface area contributed by atoms with E-state index in [1.165, 1.54) is 0 Å². The molecule has 0 spiro atoms. The summed E-state index contributed by atoms with van der Waals surface area (Å²) in [5.74, 6) is -3.26. The Balaban J connectivity index is 2.69. The van der Waals surface area contributed by atoms with Gasteiger partial charge >= 0.3 is 5.97 Å². The van der Waals surface area contributed by atoms with E-state index in [1.54, 1.807) is 6.92 Å². The fourth-order valence-electron chi connectivity index (χ4n) is 1.48. The molecule has 0 aliphatic rings. The number of carbonyl (C=O) groups is 1. The number of aromatic carboxylic acids is 1. The lowest BCUT2D eigenvalue weighted by atomic mass is 10.1. The highest BCUT2D eigenvalue weighted by atomic mass is 19.1. The van der Waals surface area contributed by atoms with E-state index in [-0.39, 0.29) is 5.69 Å². The molecule has 0 aromatic heterocycles. The second-order valence-electron chi connectivity index (χ2n) is 4.04. The van der Waals surface area contributed by atoms with E-state index >= 15 is 0 Å². The average molecular weight is 259 g/mol. The van der Waals surface area contributed by atoms with Gasteiger partial charge in [0.2, 0.25) is 0 Å². The van der Waals surface area contributed by atoms with E-state index < -0.39 is 29.3 Å². The van der Waals surface area contributed by atoms with Crippen LogP contribution in [0.15, 0.2) is 12.1 Å². The highest BCUT2D eigenvalue weighted by Gasteiger charge is 2.14. The van der Waals surface area contributed by atoms with Crippen molar-refractivity contribution in [3.05, 3.63) is 29.3 Å². The topological polar surface area (TPSA) is 69.6 Å². The Hall–Kier alpha value is -1.69. The molecule has 0 saturated carbocycles. The standard InChI is InChI=1S/C12H15F2NO3/c1-7(16)3-2-4-15-11-9(13)5-8(12(17)18)6-10(11)14/h5-7,15-16H,2-4H2,1H3,(H,17,18). The number of nitrogens with one attached hydrogen (secondary N) is 1. The summed E-state index contributed by atoms with van der Waals surface area (Å²) >= 11 is 0. The van der Waals surface area contributed by atoms with Gasteiger partial charge in [0, 0.05) is 6.54 Å². The molecule has 100 valence electrons. The molecule has 0 amide bonds. The number of carboxylic acids is 1. The molecular formula is C12H15F2NO3. The number of aliphatic hydroxyl groups is 1. The molecule has 0 bridgehead atoms. The third-order valence-electron chi connectivity index (χ3n) is 2.39. The number of carboxylic acid groups (broad SMARTS) is 1. The predicted octanol–water partition coefficient (Wildman–Crippen LogP) is 2.24. The zero-order valence-corrected chi connectivity index (χ0v) is 9.91. The van der Waals surface area contributed by atoms with E-state index in [0.717, 1.165) is 12.1 Å². The summed E-state index contributed by atoms with van der Waals surface area (Å²) in [5, 5.41) is 20.2. The van der Waals surface area contributed by atoms with Crippen LogP contribution in [0.25, 0.3) is 0 Å². The molecule has 1 aromatic rings. The van der Waals surface area contributed by atoms with Crippen LogP contribution in [0.2, 0.25) is 0 Å². The Labute approximate surface area is 103 Å². The van der Waals surface area contributed by atoms with Gasteiger partial charge in [-0.05, 0) is 31.9 Å². The number of aliphatic hydroxyl groups excluding tert-OH is 1. The zero-order chi connectivity index (χ0) is 13.7. The second-order valence-corrected chi connectivity index (χ2v) is 4.04. The summed E-state index contributed by atoms with van der Waals surface area (Å²) < 4.78 is 26.9. The van der Waals surface area contributed by atoms with E-state index in [0.29, 0.717) is 19.4 Å². The molecule has 6 heteroatoms. The van der Waals surface area contributed by atoms with Crippen LogP contribution < -0.4 is 5.32 Å². The molecule has 18 heavy (non-hydrogen) atoms. The van der Waals surface area contributed by atoms with Crippen LogP contribution >= 0.6 is 0 Å². The minimum Gasteiger partial charge on any atom is -0.478 e. The summed E-state index contributed by atoms with van der Waals surface area (Å²) in [6.45, 7) is 1.92. The number of anilines is 1. The van der Waals surface area contributed by atoms with Crippen LogP contribution in [0.5, 0.6) is 0 Å². The second kappa shape index (κ2) is 6.30. The molecule has 0 aliphatic carbocycles. The number of benzene rings is 1. The molecule has 1 aromatic carbocycles. The van der Waals surface area contributed by atoms with Crippen molar-refractivity contribution < 1.29 is 23.8 Å². The Morgan fingerprint density at radius 3 is 2.39 bits per heavy atom. The van der Waals surface area contributed by atoms with Crippen molar-refractivity contribution in [3.8, 4) is 0 Å². The molecule has 1 unspecified atom stereocenters. The Morgan fingerprint density at radius 2 is 1.94 bits per heavy atom. The van der Waals surface area contributed by atoms with Crippen LogP contribution in [0.3, 0.4) is 0 Å². The van der Waals surface area contributed by atoms with Gasteiger partial charge in [0.25, 0.3) is 0 Å². The molecular weight excluding hydrogens is 244 g/mol. The van der Waals surface area contributed by atoms with Gasteiger partial charge in [-0.2, -0.15) is 0 Å². The van der Waals surface area contributed by atoms with Gasteiger partial charge in [-0.3, -0.25) is 0 Å². The molecule has 0 saturated heterocycles. The lowest BCUT2D eigenvalue weighted by Gasteiger charge is -2.10. The minimum absolute atomic E-state index is 0.297. The summed E-state index contributed by atoms with van der Waals surface area (Å²) in [4.78, 5) is 10.6. The molecule has 0 aliphatic heterocycles. The molecule has 4 nitrogen and oxygen atoms in total. The van der Waals surface area contributed by atoms with Crippen LogP contribution in [-0.2, 0) is 0 Å². The van der Waals surface area contributed by atoms with Gasteiger partial charge in [-0.15, -0.1) is 0 Å². The van der Waals surface area contributed by atoms with Gasteiger partial charge in [-0.1, -0.05) is 0 Å². The van der Waals surface area contributed by atoms with Crippen molar-refractivity contribution in [1.82, 2.24) is 0 Å². The monoisotopic (exact) mass is 259 g/mol. The first kappa shape index (κ1) is 14.4. The van der Waals surface area contributed by atoms with E-state index in [4.69, 9.17) is 10.2 Å². The Kier molecular flexibility index (Phi) is 5.03. The van der Waals surface area contributed by atoms with Gasteiger partial charge in [0.15, 0.2) is 0 Å². The summed E-state index contributed by atoms with van der Waals surface area (Å²) in [6, 6.07) is 1.53. The SMILES string of the molecule is CC(O)CCCNc1c(F)cc(C(=O)O)cc1F. The fourth-order valence-corrected chi connectivity index (χ4v) is 1.48. The number of hydrogen-bond donors (Lipinski definition) is 3. The molecule has 0 fully saturated rings. The lowest BCUT2D eigenvalue weighted by molar-refractivity contribution is 0.0695. The van der Waals surface area contributed by atoms with Crippen LogP contribution in [0.1, 0.15) is 30.1 Å². The molecule has 1 atom stereocenters. The highest BCUT2D eigenvalue weighted by molar-refractivity contribution is 5.88. The summed E-state index contributed by atoms with van der Waals surface area (Å²) in [5.41, 5.74) is -0.773. The maximum absolute atomic E-state index is 13.4. The number of halogens is 2. The van der Waals surface area contributed by atoms with Crippen LogP contribution in [0, 0.1) is 11.6 Å². The smallest absolute Gasteiger partial charge is 0.335 e. The highest BCUT2D eigenvalue weighted by Crippen LogP contribution is 2.21. The van der Waals surface area contributed by atoms with E-state index in [9.17, 15) is 13.6 Å². The number of rotatable bonds is 6. The molecule has 0 heterocycles. The van der Waals surface area contributed by atoms with Gasteiger partial charge in [-0.25, -0.2) is 13.6 Å². The van der Waals surface area contributed by atoms with E-state index in [2.05, 4.69) is 5.32 Å². The minimum atomic E-state index is -1.38. The Bertz CT molecular complexity index is 412. The third-order valence-corrected chi connectivity index (χ3v) is 2.39. The Morgan fingerprint density at radius 1 is 1.39 bits per heavy atom. The van der Waals surface area contributed by atoms with Crippen molar-refractivity contribution in [2.75, 3.05) is 11.9 Å². The van der Waals surface area contributed by atoms with Crippen molar-refractivity contribution in [2.45, 2.75) is 25.9 Å². The van der Waals surface area contributed by atoms with Gasteiger partial charge < -0.3 is 15.5 Å². The summed E-state index contributed by atoms with van der Waals surface area (Å²) in [6.07, 6.45) is 0.608. The molecule has 3 N–H and O–H groups in total.